The third-order valence-electron chi connectivity index (χ3n) is 6.45. The normalized spacial score (nSPS) is 20.9. The Morgan fingerprint density at radius 3 is 2.59 bits per heavy atom. The zero-order chi connectivity index (χ0) is 19.4. The number of thiazole rings is 1. The molecule has 0 unspecified atom stereocenters. The minimum Gasteiger partial charge on any atom is -0.346 e. The van der Waals surface area contributed by atoms with Gasteiger partial charge in [0.2, 0.25) is 0 Å². The van der Waals surface area contributed by atoms with Gasteiger partial charge in [-0.25, -0.2) is 4.98 Å². The number of allylic oxidation sites excluding steroid dienone is 3. The molecule has 0 atom stereocenters. The second-order valence-electron chi connectivity index (χ2n) is 8.61. The van der Waals surface area contributed by atoms with Gasteiger partial charge >= 0.3 is 0 Å². The highest BCUT2D eigenvalue weighted by Crippen LogP contribution is 2.33. The van der Waals surface area contributed by atoms with Crippen LogP contribution in [0.5, 0.6) is 0 Å². The predicted molar refractivity (Wildman–Crippen MR) is 119 cm³/mol. The van der Waals surface area contributed by atoms with Crippen molar-refractivity contribution < 1.29 is 0 Å². The van der Waals surface area contributed by atoms with Crippen molar-refractivity contribution in [3.8, 4) is 0 Å². The summed E-state index contributed by atoms with van der Waals surface area (Å²) >= 11 is 1.78. The fourth-order valence-corrected chi connectivity index (χ4v) is 4.74. The molecule has 4 nitrogen and oxygen atoms in total. The molecule has 0 bridgehead atoms. The molecule has 0 spiro atoms. The minimum absolute atomic E-state index is 0.144. The second-order valence-corrected chi connectivity index (χ2v) is 9.45. The SMILES string of the molecule is C=C(C=C(C)c1csc(N2CCN(C3CCNCC3)CC2)n1)C(C)(C)CC. The lowest BCUT2D eigenvalue weighted by Gasteiger charge is -2.40. The molecule has 3 rings (SSSR count). The van der Waals surface area contributed by atoms with E-state index < -0.39 is 0 Å². The van der Waals surface area contributed by atoms with Crippen molar-refractivity contribution in [2.45, 2.75) is 53.0 Å². The Morgan fingerprint density at radius 2 is 1.96 bits per heavy atom. The summed E-state index contributed by atoms with van der Waals surface area (Å²) in [6, 6.07) is 0.776. The summed E-state index contributed by atoms with van der Waals surface area (Å²) in [6.45, 7) is 20.0. The number of piperidine rings is 1. The van der Waals surface area contributed by atoms with E-state index in [0.29, 0.717) is 0 Å². The summed E-state index contributed by atoms with van der Waals surface area (Å²) in [6.07, 6.45) is 5.91. The largest absolute Gasteiger partial charge is 0.346 e. The standard InChI is InChI=1S/C22H36N4S/c1-6-22(4,5)18(3)15-17(2)20-16-27-21(24-20)26-13-11-25(12-14-26)19-7-9-23-10-8-19/h15-16,19,23H,3,6-14H2,1-2,4-5H3. The molecule has 3 heterocycles. The Morgan fingerprint density at radius 1 is 1.30 bits per heavy atom. The summed E-state index contributed by atoms with van der Waals surface area (Å²) < 4.78 is 0. The van der Waals surface area contributed by atoms with E-state index in [-0.39, 0.29) is 5.41 Å². The van der Waals surface area contributed by atoms with Crippen LogP contribution in [0.3, 0.4) is 0 Å². The minimum atomic E-state index is 0.144. The van der Waals surface area contributed by atoms with Crippen LogP contribution in [-0.4, -0.2) is 55.2 Å². The van der Waals surface area contributed by atoms with Gasteiger partial charge in [0.25, 0.3) is 0 Å². The first-order chi connectivity index (χ1) is 12.9. The number of rotatable bonds is 6. The molecule has 1 aromatic rings. The zero-order valence-corrected chi connectivity index (χ0v) is 18.4. The molecule has 2 fully saturated rings. The van der Waals surface area contributed by atoms with Gasteiger partial charge in [-0.15, -0.1) is 11.3 Å². The number of nitrogens with zero attached hydrogens (tertiary/aromatic N) is 3. The van der Waals surface area contributed by atoms with Crippen molar-refractivity contribution in [1.29, 1.82) is 0 Å². The molecular weight excluding hydrogens is 352 g/mol. The Balaban J connectivity index is 1.59. The molecule has 0 radical (unpaired) electrons. The predicted octanol–water partition coefficient (Wildman–Crippen LogP) is 4.41. The van der Waals surface area contributed by atoms with Crippen molar-refractivity contribution in [3.63, 3.8) is 0 Å². The van der Waals surface area contributed by atoms with Crippen molar-refractivity contribution in [3.05, 3.63) is 29.3 Å². The lowest BCUT2D eigenvalue weighted by Crippen LogP contribution is -2.52. The van der Waals surface area contributed by atoms with Crippen LogP contribution in [0.4, 0.5) is 5.13 Å². The summed E-state index contributed by atoms with van der Waals surface area (Å²) in [5.41, 5.74) is 3.65. The van der Waals surface area contributed by atoms with Gasteiger partial charge < -0.3 is 10.2 Å². The Labute approximate surface area is 169 Å². The first-order valence-corrected chi connectivity index (χ1v) is 11.3. The fraction of sp³-hybridized carbons (Fsp3) is 0.682. The van der Waals surface area contributed by atoms with Crippen LogP contribution in [0.2, 0.25) is 0 Å². The molecule has 2 aliphatic rings. The molecule has 1 N–H and O–H groups in total. The Kier molecular flexibility index (Phi) is 6.77. The number of nitrogens with one attached hydrogen (secondary N) is 1. The van der Waals surface area contributed by atoms with E-state index in [1.807, 2.05) is 0 Å². The first kappa shape index (κ1) is 20.6. The van der Waals surface area contributed by atoms with Gasteiger partial charge in [-0.3, -0.25) is 4.90 Å². The van der Waals surface area contributed by atoms with E-state index in [2.05, 4.69) is 60.8 Å². The fourth-order valence-electron chi connectivity index (χ4n) is 3.80. The van der Waals surface area contributed by atoms with E-state index in [1.54, 1.807) is 11.3 Å². The Hall–Kier alpha value is -1.17. The van der Waals surface area contributed by atoms with Crippen LogP contribution < -0.4 is 10.2 Å². The average Bonchev–Trinajstić information content (AvgIpc) is 3.19. The van der Waals surface area contributed by atoms with Crippen molar-refractivity contribution in [2.24, 2.45) is 5.41 Å². The van der Waals surface area contributed by atoms with Crippen LogP contribution in [0, 0.1) is 5.41 Å². The van der Waals surface area contributed by atoms with E-state index in [4.69, 9.17) is 4.98 Å². The van der Waals surface area contributed by atoms with Crippen LogP contribution in [0.25, 0.3) is 5.57 Å². The molecule has 150 valence electrons. The van der Waals surface area contributed by atoms with E-state index >= 15 is 0 Å². The molecule has 1 aromatic heterocycles. The van der Waals surface area contributed by atoms with Crippen molar-refractivity contribution >= 4 is 22.0 Å². The third kappa shape index (κ3) is 5.01. The van der Waals surface area contributed by atoms with E-state index in [1.165, 1.54) is 42.2 Å². The van der Waals surface area contributed by atoms with E-state index in [9.17, 15) is 0 Å². The highest BCUT2D eigenvalue weighted by molar-refractivity contribution is 7.13. The van der Waals surface area contributed by atoms with Gasteiger partial charge in [0, 0.05) is 37.6 Å². The molecule has 5 heteroatoms. The van der Waals surface area contributed by atoms with Gasteiger partial charge in [-0.2, -0.15) is 0 Å². The number of hydrogen-bond donors (Lipinski definition) is 1. The molecular formula is C22H36N4S. The maximum atomic E-state index is 4.94. The number of anilines is 1. The number of hydrogen-bond acceptors (Lipinski definition) is 5. The maximum Gasteiger partial charge on any atom is 0.185 e. The number of piperazine rings is 1. The van der Waals surface area contributed by atoms with Crippen LogP contribution in [0.15, 0.2) is 23.6 Å². The summed E-state index contributed by atoms with van der Waals surface area (Å²) in [5.74, 6) is 0. The highest BCUT2D eigenvalue weighted by atomic mass is 32.1. The van der Waals surface area contributed by atoms with Crippen molar-refractivity contribution in [2.75, 3.05) is 44.2 Å². The zero-order valence-electron chi connectivity index (χ0n) is 17.6. The van der Waals surface area contributed by atoms with Crippen LogP contribution >= 0.6 is 11.3 Å². The summed E-state index contributed by atoms with van der Waals surface area (Å²) in [7, 11) is 0. The maximum absolute atomic E-state index is 4.94. The lowest BCUT2D eigenvalue weighted by atomic mass is 9.82. The number of aromatic nitrogens is 1. The average molecular weight is 389 g/mol. The van der Waals surface area contributed by atoms with Crippen LogP contribution in [-0.2, 0) is 0 Å². The van der Waals surface area contributed by atoms with Gasteiger partial charge in [0.05, 0.1) is 5.69 Å². The van der Waals surface area contributed by atoms with Gasteiger partial charge in [0.1, 0.15) is 0 Å². The molecule has 0 amide bonds. The smallest absolute Gasteiger partial charge is 0.185 e. The Bertz CT molecular complexity index is 662. The van der Waals surface area contributed by atoms with Gasteiger partial charge in [-0.05, 0) is 55.8 Å². The van der Waals surface area contributed by atoms with Gasteiger partial charge in [0.15, 0.2) is 5.13 Å². The topological polar surface area (TPSA) is 31.4 Å². The molecule has 0 aromatic carbocycles. The molecule has 2 aliphatic heterocycles. The molecule has 27 heavy (non-hydrogen) atoms. The lowest BCUT2D eigenvalue weighted by molar-refractivity contribution is 0.153. The molecule has 2 saturated heterocycles. The molecule has 0 aliphatic carbocycles. The monoisotopic (exact) mass is 388 g/mol. The van der Waals surface area contributed by atoms with Crippen LogP contribution in [0.1, 0.15) is 52.7 Å². The highest BCUT2D eigenvalue weighted by Gasteiger charge is 2.26. The quantitative estimate of drug-likeness (QED) is 0.731. The molecule has 0 saturated carbocycles. The third-order valence-corrected chi connectivity index (χ3v) is 7.35. The first-order valence-electron chi connectivity index (χ1n) is 10.4. The second kappa shape index (κ2) is 8.89. The van der Waals surface area contributed by atoms with E-state index in [0.717, 1.165) is 44.3 Å². The summed E-state index contributed by atoms with van der Waals surface area (Å²) in [5, 5.41) is 6.84. The summed E-state index contributed by atoms with van der Waals surface area (Å²) in [4.78, 5) is 10.1. The van der Waals surface area contributed by atoms with Crippen molar-refractivity contribution in [1.82, 2.24) is 15.2 Å². The van der Waals surface area contributed by atoms with Gasteiger partial charge in [-0.1, -0.05) is 33.4 Å².